The zero-order valence-electron chi connectivity index (χ0n) is 24.6. The standard InChI is InChI=1S/C33H54N6/c1-25-22-23-30(38-32(34-26-14-6-2-7-15-26)35-27-16-8-3-9-17-27)24-31(25)39-33(36-28-18-10-4-11-19-28)37-29-20-12-5-13-21-29/h22-24,26-29H,2-21H2,1H3,(H2,34,35,38)(H2,36,37,39). The van der Waals surface area contributed by atoms with E-state index >= 15 is 0 Å². The fourth-order valence-corrected chi connectivity index (χ4v) is 6.98. The maximum absolute atomic E-state index is 5.25. The second-order valence-electron chi connectivity index (χ2n) is 12.8. The second-order valence-corrected chi connectivity index (χ2v) is 12.8. The van der Waals surface area contributed by atoms with E-state index in [4.69, 9.17) is 9.98 Å². The SMILES string of the molecule is Cc1ccc(NC(=NC2CCCCC2)NC2CCCCC2)cc1NC(=NC1CCCCC1)NC1CCCCC1. The topological polar surface area (TPSA) is 72.8 Å². The molecule has 0 saturated heterocycles. The molecule has 0 aliphatic heterocycles. The van der Waals surface area contributed by atoms with Gasteiger partial charge in [-0.15, -0.1) is 0 Å². The van der Waals surface area contributed by atoms with E-state index in [-0.39, 0.29) is 0 Å². The van der Waals surface area contributed by atoms with Crippen LogP contribution in [0.5, 0.6) is 0 Å². The Labute approximate surface area is 237 Å². The van der Waals surface area contributed by atoms with Gasteiger partial charge in [0.15, 0.2) is 11.9 Å². The van der Waals surface area contributed by atoms with Crippen molar-refractivity contribution in [3.63, 3.8) is 0 Å². The van der Waals surface area contributed by atoms with Gasteiger partial charge in [0, 0.05) is 23.5 Å². The molecule has 4 aliphatic rings. The molecule has 6 nitrogen and oxygen atoms in total. The number of nitrogens with one attached hydrogen (secondary N) is 4. The number of guanidine groups is 2. The molecule has 0 amide bonds. The molecule has 0 atom stereocenters. The number of benzene rings is 1. The first kappa shape index (κ1) is 28.3. The summed E-state index contributed by atoms with van der Waals surface area (Å²) in [7, 11) is 0. The van der Waals surface area contributed by atoms with Crippen LogP contribution in [-0.2, 0) is 0 Å². The largest absolute Gasteiger partial charge is 0.353 e. The third kappa shape index (κ3) is 9.14. The molecule has 0 aromatic heterocycles. The molecule has 0 radical (unpaired) electrons. The van der Waals surface area contributed by atoms with Crippen LogP contribution in [0.25, 0.3) is 0 Å². The monoisotopic (exact) mass is 534 g/mol. The highest BCUT2D eigenvalue weighted by molar-refractivity contribution is 5.97. The van der Waals surface area contributed by atoms with Gasteiger partial charge >= 0.3 is 0 Å². The number of aliphatic imine (C=N–C) groups is 2. The van der Waals surface area contributed by atoms with Gasteiger partial charge in [0.05, 0.1) is 12.1 Å². The quantitative estimate of drug-likeness (QED) is 0.220. The molecule has 0 bridgehead atoms. The van der Waals surface area contributed by atoms with E-state index in [0.717, 1.165) is 23.3 Å². The van der Waals surface area contributed by atoms with Gasteiger partial charge in [0.1, 0.15) is 0 Å². The van der Waals surface area contributed by atoms with Crippen LogP contribution in [0.3, 0.4) is 0 Å². The molecule has 39 heavy (non-hydrogen) atoms. The Bertz CT molecular complexity index is 932. The molecule has 4 aliphatic carbocycles. The molecule has 4 fully saturated rings. The Hall–Kier alpha value is -2.24. The molecule has 4 saturated carbocycles. The number of aryl methyl sites for hydroxylation is 1. The highest BCUT2D eigenvalue weighted by Crippen LogP contribution is 2.25. The molecule has 216 valence electrons. The lowest BCUT2D eigenvalue weighted by Gasteiger charge is -2.28. The van der Waals surface area contributed by atoms with E-state index in [1.807, 2.05) is 0 Å². The van der Waals surface area contributed by atoms with Crippen LogP contribution in [0.1, 0.15) is 134 Å². The number of rotatable bonds is 6. The van der Waals surface area contributed by atoms with Crippen molar-refractivity contribution in [1.82, 2.24) is 10.6 Å². The van der Waals surface area contributed by atoms with Crippen LogP contribution in [0, 0.1) is 6.92 Å². The van der Waals surface area contributed by atoms with E-state index in [2.05, 4.69) is 46.4 Å². The Morgan fingerprint density at radius 2 is 1.00 bits per heavy atom. The van der Waals surface area contributed by atoms with Gasteiger partial charge in [-0.3, -0.25) is 0 Å². The maximum Gasteiger partial charge on any atom is 0.196 e. The van der Waals surface area contributed by atoms with Crippen molar-refractivity contribution in [2.24, 2.45) is 9.98 Å². The molecular weight excluding hydrogens is 480 g/mol. The van der Waals surface area contributed by atoms with Gasteiger partial charge < -0.3 is 21.3 Å². The van der Waals surface area contributed by atoms with Gasteiger partial charge in [0.25, 0.3) is 0 Å². The molecule has 4 N–H and O–H groups in total. The first-order chi connectivity index (χ1) is 19.2. The van der Waals surface area contributed by atoms with E-state index < -0.39 is 0 Å². The minimum atomic E-state index is 0.438. The summed E-state index contributed by atoms with van der Waals surface area (Å²) >= 11 is 0. The summed E-state index contributed by atoms with van der Waals surface area (Å²) in [6.07, 6.45) is 25.8. The van der Waals surface area contributed by atoms with Crippen molar-refractivity contribution in [1.29, 1.82) is 0 Å². The third-order valence-electron chi connectivity index (χ3n) is 9.42. The number of hydrogen-bond donors (Lipinski definition) is 4. The van der Waals surface area contributed by atoms with Crippen LogP contribution in [-0.4, -0.2) is 36.1 Å². The van der Waals surface area contributed by atoms with Crippen molar-refractivity contribution in [3.05, 3.63) is 23.8 Å². The predicted octanol–water partition coefficient (Wildman–Crippen LogP) is 8.04. The highest BCUT2D eigenvalue weighted by Gasteiger charge is 2.20. The summed E-state index contributed by atoms with van der Waals surface area (Å²) in [5.41, 5.74) is 3.47. The van der Waals surface area contributed by atoms with E-state index in [1.165, 1.54) is 134 Å². The van der Waals surface area contributed by atoms with Crippen molar-refractivity contribution in [3.8, 4) is 0 Å². The number of hydrogen-bond acceptors (Lipinski definition) is 2. The fraction of sp³-hybridized carbons (Fsp3) is 0.758. The lowest BCUT2D eigenvalue weighted by Crippen LogP contribution is -2.41. The molecule has 0 spiro atoms. The summed E-state index contributed by atoms with van der Waals surface area (Å²) in [6, 6.07) is 8.62. The van der Waals surface area contributed by atoms with Crippen molar-refractivity contribution in [2.75, 3.05) is 10.6 Å². The second kappa shape index (κ2) is 14.9. The normalized spacial score (nSPS) is 23.4. The molecule has 6 heteroatoms. The fourth-order valence-electron chi connectivity index (χ4n) is 6.98. The number of nitrogens with zero attached hydrogens (tertiary/aromatic N) is 2. The molecular formula is C33H54N6. The average Bonchev–Trinajstić information content (AvgIpc) is 2.97. The first-order valence-electron chi connectivity index (χ1n) is 16.5. The smallest absolute Gasteiger partial charge is 0.196 e. The summed E-state index contributed by atoms with van der Waals surface area (Å²) in [5, 5.41) is 15.1. The molecule has 1 aromatic rings. The third-order valence-corrected chi connectivity index (χ3v) is 9.42. The Morgan fingerprint density at radius 1 is 0.564 bits per heavy atom. The van der Waals surface area contributed by atoms with E-state index in [1.54, 1.807) is 0 Å². The Balaban J connectivity index is 1.32. The van der Waals surface area contributed by atoms with Crippen LogP contribution < -0.4 is 21.3 Å². The van der Waals surface area contributed by atoms with Gasteiger partial charge in [-0.05, 0) is 76.0 Å². The Kier molecular flexibility index (Phi) is 10.8. The van der Waals surface area contributed by atoms with Crippen LogP contribution in [0.4, 0.5) is 11.4 Å². The minimum Gasteiger partial charge on any atom is -0.353 e. The van der Waals surface area contributed by atoms with E-state index in [0.29, 0.717) is 24.2 Å². The van der Waals surface area contributed by atoms with Gasteiger partial charge in [-0.2, -0.15) is 0 Å². The van der Waals surface area contributed by atoms with E-state index in [9.17, 15) is 0 Å². The first-order valence-corrected chi connectivity index (χ1v) is 16.5. The summed E-state index contributed by atoms with van der Waals surface area (Å²) in [4.78, 5) is 10.5. The summed E-state index contributed by atoms with van der Waals surface area (Å²) in [5.74, 6) is 1.95. The molecule has 0 unspecified atom stereocenters. The van der Waals surface area contributed by atoms with Gasteiger partial charge in [-0.25, -0.2) is 9.98 Å². The molecule has 0 heterocycles. The molecule has 1 aromatic carbocycles. The van der Waals surface area contributed by atoms with Crippen LogP contribution in [0.15, 0.2) is 28.2 Å². The zero-order chi connectivity index (χ0) is 26.7. The zero-order valence-corrected chi connectivity index (χ0v) is 24.6. The lowest BCUT2D eigenvalue weighted by molar-refractivity contribution is 0.408. The summed E-state index contributed by atoms with van der Waals surface area (Å²) < 4.78 is 0. The van der Waals surface area contributed by atoms with Gasteiger partial charge in [-0.1, -0.05) is 83.1 Å². The lowest BCUT2D eigenvalue weighted by atomic mass is 9.95. The van der Waals surface area contributed by atoms with Crippen LogP contribution in [0.2, 0.25) is 0 Å². The predicted molar refractivity (Wildman–Crippen MR) is 167 cm³/mol. The maximum atomic E-state index is 5.25. The van der Waals surface area contributed by atoms with Crippen molar-refractivity contribution in [2.45, 2.75) is 160 Å². The van der Waals surface area contributed by atoms with Crippen molar-refractivity contribution >= 4 is 23.3 Å². The van der Waals surface area contributed by atoms with Crippen molar-refractivity contribution < 1.29 is 0 Å². The average molecular weight is 535 g/mol. The highest BCUT2D eigenvalue weighted by atomic mass is 15.2. The number of anilines is 2. The van der Waals surface area contributed by atoms with Gasteiger partial charge in [0.2, 0.25) is 0 Å². The molecule has 5 rings (SSSR count). The summed E-state index contributed by atoms with van der Waals surface area (Å²) in [6.45, 7) is 2.20. The van der Waals surface area contributed by atoms with Crippen LogP contribution >= 0.6 is 0 Å². The Morgan fingerprint density at radius 3 is 1.49 bits per heavy atom. The minimum absolute atomic E-state index is 0.438.